The van der Waals surface area contributed by atoms with E-state index in [1.165, 1.54) is 0 Å². The highest BCUT2D eigenvalue weighted by molar-refractivity contribution is 9.10. The van der Waals surface area contributed by atoms with E-state index in [4.69, 9.17) is 4.74 Å². The van der Waals surface area contributed by atoms with Crippen molar-refractivity contribution in [3.63, 3.8) is 0 Å². The average molecular weight is 287 g/mol. The Morgan fingerprint density at radius 2 is 2.25 bits per heavy atom. The van der Waals surface area contributed by atoms with Crippen molar-refractivity contribution in [2.45, 2.75) is 18.8 Å². The van der Waals surface area contributed by atoms with Gasteiger partial charge in [-0.15, -0.1) is 0 Å². The van der Waals surface area contributed by atoms with Gasteiger partial charge in [0.05, 0.1) is 5.41 Å². The van der Waals surface area contributed by atoms with E-state index in [0.717, 1.165) is 10.0 Å². The number of benzene rings is 1. The van der Waals surface area contributed by atoms with Gasteiger partial charge in [-0.25, -0.2) is 0 Å². The number of carbonyl (C=O) groups is 1. The second-order valence-corrected chi connectivity index (χ2v) is 4.81. The van der Waals surface area contributed by atoms with Crippen LogP contribution in [0.15, 0.2) is 28.7 Å². The number of carboxylic acids is 1. The van der Waals surface area contributed by atoms with Crippen LogP contribution in [0.25, 0.3) is 0 Å². The fourth-order valence-corrected chi connectivity index (χ4v) is 1.91. The van der Waals surface area contributed by atoms with Crippen molar-refractivity contribution < 1.29 is 14.6 Å². The number of hydrogen-bond donors (Lipinski definition) is 1. The molecule has 1 N–H and O–H groups in total. The molecule has 1 aromatic rings. The Bertz CT molecular complexity index is 378. The molecule has 1 rings (SSSR count). The first-order valence-electron chi connectivity index (χ1n) is 4.99. The van der Waals surface area contributed by atoms with E-state index in [2.05, 4.69) is 15.9 Å². The molecule has 88 valence electrons. The highest BCUT2D eigenvalue weighted by atomic mass is 79.9. The maximum atomic E-state index is 11.4. The lowest BCUT2D eigenvalue weighted by Gasteiger charge is -2.25. The van der Waals surface area contributed by atoms with E-state index in [1.807, 2.05) is 24.3 Å². The highest BCUT2D eigenvalue weighted by Crippen LogP contribution is 2.29. The smallest absolute Gasteiger partial charge is 0.313 e. The van der Waals surface area contributed by atoms with Gasteiger partial charge in [0.15, 0.2) is 0 Å². The summed E-state index contributed by atoms with van der Waals surface area (Å²) in [4.78, 5) is 11.4. The molecule has 1 unspecified atom stereocenters. The Hall–Kier alpha value is -0.870. The minimum atomic E-state index is -0.903. The topological polar surface area (TPSA) is 46.5 Å². The molecule has 0 saturated heterocycles. The van der Waals surface area contributed by atoms with Gasteiger partial charge in [0.1, 0.15) is 0 Å². The largest absolute Gasteiger partial charge is 0.481 e. The van der Waals surface area contributed by atoms with E-state index >= 15 is 0 Å². The number of methoxy groups -OCH3 is 1. The maximum Gasteiger partial charge on any atom is 0.313 e. The van der Waals surface area contributed by atoms with Gasteiger partial charge in [0, 0.05) is 18.2 Å². The summed E-state index contributed by atoms with van der Waals surface area (Å²) >= 11 is 3.35. The quantitative estimate of drug-likeness (QED) is 0.905. The first-order valence-corrected chi connectivity index (χ1v) is 5.78. The molecule has 0 spiro atoms. The predicted octanol–water partition coefficient (Wildman–Crippen LogP) is 2.83. The fraction of sp³-hybridized carbons (Fsp3) is 0.417. The molecule has 0 amide bonds. The van der Waals surface area contributed by atoms with Crippen LogP contribution in [0, 0.1) is 0 Å². The molecule has 0 saturated carbocycles. The lowest BCUT2D eigenvalue weighted by Crippen LogP contribution is -2.33. The predicted molar refractivity (Wildman–Crippen MR) is 65.6 cm³/mol. The van der Waals surface area contributed by atoms with Gasteiger partial charge in [-0.05, 0) is 31.0 Å². The van der Waals surface area contributed by atoms with Crippen LogP contribution in [0.5, 0.6) is 0 Å². The molecule has 1 atom stereocenters. The lowest BCUT2D eigenvalue weighted by molar-refractivity contribution is -0.143. The molecule has 0 aliphatic rings. The first kappa shape index (κ1) is 13.2. The van der Waals surface area contributed by atoms with E-state index in [0.29, 0.717) is 13.0 Å². The molecule has 0 aliphatic carbocycles. The van der Waals surface area contributed by atoms with Crippen LogP contribution in [-0.4, -0.2) is 24.8 Å². The number of carboxylic acid groups (broad SMARTS) is 1. The summed E-state index contributed by atoms with van der Waals surface area (Å²) in [7, 11) is 1.57. The third kappa shape index (κ3) is 2.83. The summed E-state index contributed by atoms with van der Waals surface area (Å²) in [5, 5.41) is 9.33. The monoisotopic (exact) mass is 286 g/mol. The van der Waals surface area contributed by atoms with Crippen molar-refractivity contribution in [1.82, 2.24) is 0 Å². The van der Waals surface area contributed by atoms with E-state index in [-0.39, 0.29) is 0 Å². The molecule has 0 fully saturated rings. The summed E-state index contributed by atoms with van der Waals surface area (Å²) in [6.07, 6.45) is 0.454. The van der Waals surface area contributed by atoms with E-state index in [1.54, 1.807) is 14.0 Å². The van der Waals surface area contributed by atoms with Crippen molar-refractivity contribution in [2.75, 3.05) is 13.7 Å². The molecule has 0 aliphatic heterocycles. The Balaban J connectivity index is 3.06. The SMILES string of the molecule is COCCC(C)(C(=O)O)c1cccc(Br)c1. The van der Waals surface area contributed by atoms with E-state index in [9.17, 15) is 9.90 Å². The van der Waals surface area contributed by atoms with Crippen molar-refractivity contribution in [1.29, 1.82) is 0 Å². The molecular weight excluding hydrogens is 272 g/mol. The average Bonchev–Trinajstić information content (AvgIpc) is 2.25. The standard InChI is InChI=1S/C12H15BrO3/c1-12(11(14)15,6-7-16-2)9-4-3-5-10(13)8-9/h3-5,8H,6-7H2,1-2H3,(H,14,15). The second-order valence-electron chi connectivity index (χ2n) is 3.89. The molecule has 0 bridgehead atoms. The number of rotatable bonds is 5. The third-order valence-corrected chi connectivity index (χ3v) is 3.23. The van der Waals surface area contributed by atoms with Gasteiger partial charge in [0.2, 0.25) is 0 Å². The number of halogens is 1. The maximum absolute atomic E-state index is 11.4. The molecule has 0 radical (unpaired) electrons. The zero-order valence-electron chi connectivity index (χ0n) is 9.37. The van der Waals surface area contributed by atoms with Gasteiger partial charge in [-0.2, -0.15) is 0 Å². The van der Waals surface area contributed by atoms with Crippen molar-refractivity contribution >= 4 is 21.9 Å². The molecular formula is C12H15BrO3. The van der Waals surface area contributed by atoms with Crippen molar-refractivity contribution in [2.24, 2.45) is 0 Å². The summed E-state index contributed by atoms with van der Waals surface area (Å²) in [6.45, 7) is 2.14. The van der Waals surface area contributed by atoms with Gasteiger partial charge in [-0.3, -0.25) is 4.79 Å². The van der Waals surface area contributed by atoms with Crippen LogP contribution in [0.1, 0.15) is 18.9 Å². The number of aliphatic carboxylic acids is 1. The van der Waals surface area contributed by atoms with Crippen LogP contribution in [-0.2, 0) is 14.9 Å². The number of ether oxygens (including phenoxy) is 1. The van der Waals surface area contributed by atoms with Crippen molar-refractivity contribution in [3.8, 4) is 0 Å². The Labute approximate surface area is 104 Å². The molecule has 3 nitrogen and oxygen atoms in total. The summed E-state index contributed by atoms with van der Waals surface area (Å²) in [6, 6.07) is 7.38. The molecule has 16 heavy (non-hydrogen) atoms. The molecule has 0 aromatic heterocycles. The Kier molecular flexibility index (Phi) is 4.50. The minimum Gasteiger partial charge on any atom is -0.481 e. The lowest BCUT2D eigenvalue weighted by atomic mass is 9.80. The summed E-state index contributed by atoms with van der Waals surface area (Å²) in [5.74, 6) is -0.831. The fourth-order valence-electron chi connectivity index (χ4n) is 1.51. The van der Waals surface area contributed by atoms with Crippen LogP contribution in [0.2, 0.25) is 0 Å². The number of hydrogen-bond acceptors (Lipinski definition) is 2. The molecule has 1 aromatic carbocycles. The highest BCUT2D eigenvalue weighted by Gasteiger charge is 2.34. The Morgan fingerprint density at radius 3 is 2.75 bits per heavy atom. The van der Waals surface area contributed by atoms with E-state index < -0.39 is 11.4 Å². The third-order valence-electron chi connectivity index (χ3n) is 2.74. The normalized spacial score (nSPS) is 14.4. The van der Waals surface area contributed by atoms with Gasteiger partial charge >= 0.3 is 5.97 Å². The van der Waals surface area contributed by atoms with Crippen LogP contribution in [0.3, 0.4) is 0 Å². The Morgan fingerprint density at radius 1 is 1.56 bits per heavy atom. The summed E-state index contributed by atoms with van der Waals surface area (Å²) in [5.41, 5.74) is -0.119. The minimum absolute atomic E-state index is 0.426. The molecule has 4 heteroatoms. The van der Waals surface area contributed by atoms with Crippen LogP contribution < -0.4 is 0 Å². The van der Waals surface area contributed by atoms with Crippen LogP contribution >= 0.6 is 15.9 Å². The van der Waals surface area contributed by atoms with Crippen LogP contribution in [0.4, 0.5) is 0 Å². The van der Waals surface area contributed by atoms with Gasteiger partial charge in [-0.1, -0.05) is 28.1 Å². The zero-order chi connectivity index (χ0) is 12.2. The van der Waals surface area contributed by atoms with Crippen molar-refractivity contribution in [3.05, 3.63) is 34.3 Å². The first-order chi connectivity index (χ1) is 7.50. The summed E-state index contributed by atoms with van der Waals surface area (Å²) < 4.78 is 5.85. The van der Waals surface area contributed by atoms with Gasteiger partial charge < -0.3 is 9.84 Å². The second kappa shape index (κ2) is 5.46. The van der Waals surface area contributed by atoms with Gasteiger partial charge in [0.25, 0.3) is 0 Å². The zero-order valence-corrected chi connectivity index (χ0v) is 11.0. The molecule has 0 heterocycles.